The summed E-state index contributed by atoms with van der Waals surface area (Å²) in [6.45, 7) is 0. The van der Waals surface area contributed by atoms with Crippen LogP contribution in [0.1, 0.15) is 17.4 Å². The van der Waals surface area contributed by atoms with Crippen LogP contribution >= 0.6 is 11.8 Å². The Kier molecular flexibility index (Phi) is 5.51. The number of phenolic OH excluding ortho intramolecular Hbond substituents is 1. The standard InChI is InChI=1S/C24H20N4O3S/c1-30-20-13-16(11-12-19(20)29)22-25-18-10-6-5-9-17(18)21-23(31-22)26-24(28-27-21)32-14-15-7-3-2-4-8-15/h2-13,22,25,29H,14H2,1H3/t22-/m1/s1. The number of fused-ring (bicyclic) bond motifs is 3. The summed E-state index contributed by atoms with van der Waals surface area (Å²) in [7, 11) is 1.51. The molecule has 7 nitrogen and oxygen atoms in total. The Bertz CT molecular complexity index is 1250. The van der Waals surface area contributed by atoms with Crippen LogP contribution in [-0.4, -0.2) is 27.4 Å². The molecule has 0 fully saturated rings. The number of anilines is 1. The van der Waals surface area contributed by atoms with Gasteiger partial charge in [0.25, 0.3) is 0 Å². The second-order valence-corrected chi connectivity index (χ2v) is 8.08. The Balaban J connectivity index is 1.51. The van der Waals surface area contributed by atoms with E-state index in [1.807, 2.05) is 42.5 Å². The molecule has 3 aromatic carbocycles. The topological polar surface area (TPSA) is 89.4 Å². The van der Waals surface area contributed by atoms with Gasteiger partial charge in [0.05, 0.1) is 7.11 Å². The van der Waals surface area contributed by atoms with Gasteiger partial charge >= 0.3 is 0 Å². The Labute approximate surface area is 189 Å². The highest BCUT2D eigenvalue weighted by Gasteiger charge is 2.26. The lowest BCUT2D eigenvalue weighted by Crippen LogP contribution is -2.17. The molecule has 0 bridgehead atoms. The fourth-order valence-electron chi connectivity index (χ4n) is 3.44. The SMILES string of the molecule is COc1cc([C@@H]2Nc3ccccc3-c3nnc(SCc4ccccc4)nc3O2)ccc1O. The molecule has 8 heteroatoms. The lowest BCUT2D eigenvalue weighted by Gasteiger charge is -2.20. The average Bonchev–Trinajstić information content (AvgIpc) is 3.00. The molecule has 0 aliphatic carbocycles. The first-order valence-electron chi connectivity index (χ1n) is 10.0. The van der Waals surface area contributed by atoms with E-state index in [0.29, 0.717) is 22.5 Å². The molecule has 0 saturated carbocycles. The summed E-state index contributed by atoms with van der Waals surface area (Å²) >= 11 is 1.50. The number of nitrogens with one attached hydrogen (secondary N) is 1. The molecule has 4 aromatic rings. The summed E-state index contributed by atoms with van der Waals surface area (Å²) in [6.07, 6.45) is -0.560. The third-order valence-corrected chi connectivity index (χ3v) is 5.96. The van der Waals surface area contributed by atoms with E-state index in [0.717, 1.165) is 22.6 Å². The first-order chi connectivity index (χ1) is 15.7. The molecule has 1 atom stereocenters. The van der Waals surface area contributed by atoms with Gasteiger partial charge in [-0.1, -0.05) is 60.3 Å². The zero-order chi connectivity index (χ0) is 21.9. The summed E-state index contributed by atoms with van der Waals surface area (Å²) in [5.41, 5.74) is 4.24. The molecular weight excluding hydrogens is 424 g/mol. The summed E-state index contributed by atoms with van der Waals surface area (Å²) < 4.78 is 11.5. The second-order valence-electron chi connectivity index (χ2n) is 7.14. The fourth-order valence-corrected chi connectivity index (χ4v) is 4.17. The van der Waals surface area contributed by atoms with E-state index in [4.69, 9.17) is 9.47 Å². The van der Waals surface area contributed by atoms with Crippen molar-refractivity contribution >= 4 is 17.4 Å². The second kappa shape index (κ2) is 8.76. The van der Waals surface area contributed by atoms with E-state index in [-0.39, 0.29) is 5.75 Å². The van der Waals surface area contributed by atoms with Crippen molar-refractivity contribution in [2.45, 2.75) is 17.1 Å². The summed E-state index contributed by atoms with van der Waals surface area (Å²) in [5.74, 6) is 1.55. The van der Waals surface area contributed by atoms with Crippen molar-refractivity contribution in [2.75, 3.05) is 12.4 Å². The number of para-hydroxylation sites is 1. The van der Waals surface area contributed by atoms with Crippen LogP contribution in [0.5, 0.6) is 17.4 Å². The minimum Gasteiger partial charge on any atom is -0.504 e. The number of methoxy groups -OCH3 is 1. The lowest BCUT2D eigenvalue weighted by molar-refractivity contribution is 0.224. The number of rotatable bonds is 5. The van der Waals surface area contributed by atoms with E-state index in [2.05, 4.69) is 32.6 Å². The van der Waals surface area contributed by atoms with Crippen molar-refractivity contribution in [3.8, 4) is 28.6 Å². The van der Waals surface area contributed by atoms with Gasteiger partial charge in [0.1, 0.15) is 0 Å². The number of aromatic hydroxyl groups is 1. The van der Waals surface area contributed by atoms with Gasteiger partial charge in [0, 0.05) is 22.6 Å². The predicted octanol–water partition coefficient (Wildman–Crippen LogP) is 5.05. The van der Waals surface area contributed by atoms with Gasteiger partial charge in [0.15, 0.2) is 23.4 Å². The number of phenols is 1. The molecular formula is C24H20N4O3S. The van der Waals surface area contributed by atoms with E-state index < -0.39 is 6.23 Å². The van der Waals surface area contributed by atoms with Gasteiger partial charge in [-0.25, -0.2) is 0 Å². The number of benzene rings is 3. The van der Waals surface area contributed by atoms with Crippen LogP contribution in [-0.2, 0) is 5.75 Å². The first-order valence-corrected chi connectivity index (χ1v) is 11.0. The number of thioether (sulfide) groups is 1. The minimum absolute atomic E-state index is 0.0641. The van der Waals surface area contributed by atoms with E-state index in [9.17, 15) is 5.11 Å². The number of ether oxygens (including phenoxy) is 2. The molecule has 1 aliphatic rings. The molecule has 0 spiro atoms. The quantitative estimate of drug-likeness (QED) is 0.414. The highest BCUT2D eigenvalue weighted by atomic mass is 32.2. The number of nitrogens with zero attached hydrogens (tertiary/aromatic N) is 3. The average molecular weight is 445 g/mol. The summed E-state index contributed by atoms with van der Waals surface area (Å²) in [6, 6.07) is 23.0. The largest absolute Gasteiger partial charge is 0.504 e. The molecule has 1 aromatic heterocycles. The van der Waals surface area contributed by atoms with Crippen molar-refractivity contribution in [3.05, 3.63) is 83.9 Å². The highest BCUT2D eigenvalue weighted by Crippen LogP contribution is 2.40. The summed E-state index contributed by atoms with van der Waals surface area (Å²) in [4.78, 5) is 4.67. The normalized spacial score (nSPS) is 14.3. The third-order valence-electron chi connectivity index (χ3n) is 5.05. The van der Waals surface area contributed by atoms with Crippen LogP contribution in [0.3, 0.4) is 0 Å². The maximum Gasteiger partial charge on any atom is 0.247 e. The van der Waals surface area contributed by atoms with Crippen LogP contribution in [0.15, 0.2) is 78.0 Å². The van der Waals surface area contributed by atoms with Crippen molar-refractivity contribution in [1.82, 2.24) is 15.2 Å². The van der Waals surface area contributed by atoms with Gasteiger partial charge in [-0.05, 0) is 29.8 Å². The van der Waals surface area contributed by atoms with Crippen LogP contribution in [0, 0.1) is 0 Å². The van der Waals surface area contributed by atoms with Crippen molar-refractivity contribution in [3.63, 3.8) is 0 Å². The van der Waals surface area contributed by atoms with Crippen molar-refractivity contribution < 1.29 is 14.6 Å². The highest BCUT2D eigenvalue weighted by molar-refractivity contribution is 7.98. The number of hydrogen-bond acceptors (Lipinski definition) is 8. The van der Waals surface area contributed by atoms with Crippen LogP contribution in [0.2, 0.25) is 0 Å². The van der Waals surface area contributed by atoms with Gasteiger partial charge in [-0.2, -0.15) is 4.98 Å². The molecule has 1 aliphatic heterocycles. The van der Waals surface area contributed by atoms with Crippen molar-refractivity contribution in [2.24, 2.45) is 0 Å². The lowest BCUT2D eigenvalue weighted by atomic mass is 10.1. The van der Waals surface area contributed by atoms with Gasteiger partial charge in [-0.3, -0.25) is 0 Å². The molecule has 5 rings (SSSR count). The Morgan fingerprint density at radius 1 is 1.03 bits per heavy atom. The van der Waals surface area contributed by atoms with Gasteiger partial charge in [-0.15, -0.1) is 10.2 Å². The van der Waals surface area contributed by atoms with Crippen LogP contribution in [0.4, 0.5) is 5.69 Å². The minimum atomic E-state index is -0.560. The molecule has 2 heterocycles. The van der Waals surface area contributed by atoms with E-state index >= 15 is 0 Å². The number of aromatic nitrogens is 3. The van der Waals surface area contributed by atoms with E-state index in [1.54, 1.807) is 18.2 Å². The van der Waals surface area contributed by atoms with Crippen molar-refractivity contribution in [1.29, 1.82) is 0 Å². The zero-order valence-electron chi connectivity index (χ0n) is 17.2. The molecule has 0 amide bonds. The van der Waals surface area contributed by atoms with Crippen LogP contribution in [0.25, 0.3) is 11.3 Å². The Morgan fingerprint density at radius 2 is 1.84 bits per heavy atom. The van der Waals surface area contributed by atoms with Gasteiger partial charge < -0.3 is 19.9 Å². The molecule has 32 heavy (non-hydrogen) atoms. The maximum atomic E-state index is 9.97. The molecule has 160 valence electrons. The number of hydrogen-bond donors (Lipinski definition) is 2. The monoisotopic (exact) mass is 444 g/mol. The maximum absolute atomic E-state index is 9.97. The third kappa shape index (κ3) is 4.04. The Hall–Kier alpha value is -3.78. The van der Waals surface area contributed by atoms with E-state index in [1.165, 1.54) is 24.4 Å². The summed E-state index contributed by atoms with van der Waals surface area (Å²) in [5, 5.41) is 22.7. The van der Waals surface area contributed by atoms with Gasteiger partial charge in [0.2, 0.25) is 11.0 Å². The first kappa shape index (κ1) is 20.1. The molecule has 2 N–H and O–H groups in total. The smallest absolute Gasteiger partial charge is 0.247 e. The fraction of sp³-hybridized carbons (Fsp3) is 0.125. The predicted molar refractivity (Wildman–Crippen MR) is 123 cm³/mol. The zero-order valence-corrected chi connectivity index (χ0v) is 18.0. The molecule has 0 unspecified atom stereocenters. The van der Waals surface area contributed by atoms with Crippen LogP contribution < -0.4 is 14.8 Å². The molecule has 0 saturated heterocycles. The molecule has 0 radical (unpaired) electrons. The Morgan fingerprint density at radius 3 is 2.69 bits per heavy atom.